The van der Waals surface area contributed by atoms with Crippen molar-refractivity contribution in [3.05, 3.63) is 103 Å². The van der Waals surface area contributed by atoms with Gasteiger partial charge in [0.2, 0.25) is 5.91 Å². The van der Waals surface area contributed by atoms with Gasteiger partial charge in [-0.25, -0.2) is 0 Å². The van der Waals surface area contributed by atoms with Crippen LogP contribution < -0.4 is 10.2 Å². The smallest absolute Gasteiger partial charge is 0.269 e. The van der Waals surface area contributed by atoms with Crippen LogP contribution in [0.1, 0.15) is 5.56 Å². The zero-order valence-corrected chi connectivity index (χ0v) is 21.4. The quantitative estimate of drug-likeness (QED) is 0.269. The molecule has 4 rings (SSSR count). The van der Waals surface area contributed by atoms with Crippen LogP contribution in [-0.4, -0.2) is 17.1 Å². The third kappa shape index (κ3) is 5.31. The Balaban J connectivity index is 1.72. The molecule has 0 saturated carbocycles. The largest absolute Gasteiger partial charge is 0.320 e. The Morgan fingerprint density at radius 3 is 2.47 bits per heavy atom. The topological polar surface area (TPSA) is 73.2 Å². The Bertz CT molecular complexity index is 1320. The molecule has 1 fully saturated rings. The maximum Gasteiger partial charge on any atom is 0.269 e. The van der Waals surface area contributed by atoms with E-state index in [2.05, 4.69) is 21.2 Å². The maximum absolute atomic E-state index is 13.5. The summed E-state index contributed by atoms with van der Waals surface area (Å²) in [6.07, 6.45) is 0.448. The third-order valence-corrected chi connectivity index (χ3v) is 7.39. The summed E-state index contributed by atoms with van der Waals surface area (Å²) in [4.78, 5) is 28.0. The Morgan fingerprint density at radius 1 is 1.09 bits per heavy atom. The van der Waals surface area contributed by atoms with Gasteiger partial charge in [0.1, 0.15) is 16.7 Å². The normalized spacial score (nSPS) is 16.8. The second-order valence-electron chi connectivity index (χ2n) is 7.32. The van der Waals surface area contributed by atoms with E-state index in [-0.39, 0.29) is 27.2 Å². The summed E-state index contributed by atoms with van der Waals surface area (Å²) in [5, 5.41) is 13.0. The molecule has 1 unspecified atom stereocenters. The molecule has 9 heteroatoms. The second kappa shape index (κ2) is 10.7. The number of benzene rings is 3. The van der Waals surface area contributed by atoms with Crippen molar-refractivity contribution in [3.8, 4) is 6.07 Å². The predicted octanol–water partition coefficient (Wildman–Crippen LogP) is 6.82. The van der Waals surface area contributed by atoms with E-state index >= 15 is 0 Å². The van der Waals surface area contributed by atoms with E-state index in [9.17, 15) is 14.9 Å². The van der Waals surface area contributed by atoms with Crippen LogP contribution in [0.5, 0.6) is 0 Å². The molecule has 1 heterocycles. The molecule has 5 nitrogen and oxygen atoms in total. The molecule has 1 N–H and O–H groups in total. The first-order valence-electron chi connectivity index (χ1n) is 10.1. The van der Waals surface area contributed by atoms with E-state index in [1.54, 1.807) is 36.4 Å². The highest BCUT2D eigenvalue weighted by Gasteiger charge is 2.40. The van der Waals surface area contributed by atoms with Gasteiger partial charge in [-0.2, -0.15) is 5.26 Å². The first-order valence-corrected chi connectivity index (χ1v) is 12.5. The van der Waals surface area contributed by atoms with E-state index < -0.39 is 11.2 Å². The maximum atomic E-state index is 13.5. The van der Waals surface area contributed by atoms with E-state index in [1.807, 2.05) is 36.4 Å². The molecular formula is C25H16BrCl2N3O2S. The number of rotatable bonds is 5. The van der Waals surface area contributed by atoms with Crippen molar-refractivity contribution in [2.45, 2.75) is 11.7 Å². The SMILES string of the molecule is N#C/C(C(=O)Nc1cc(Cl)ccc1Cl)=C1/SC(Cc2ccc(Br)cc2)C(=O)N1c1ccccc1. The zero-order valence-electron chi connectivity index (χ0n) is 17.5. The van der Waals surface area contributed by atoms with Gasteiger partial charge in [0.25, 0.3) is 5.91 Å². The van der Waals surface area contributed by atoms with Crippen LogP contribution in [0.25, 0.3) is 0 Å². The minimum Gasteiger partial charge on any atom is -0.320 e. The third-order valence-electron chi connectivity index (χ3n) is 5.03. The van der Waals surface area contributed by atoms with Crippen molar-refractivity contribution in [1.29, 1.82) is 5.26 Å². The molecule has 3 aromatic carbocycles. The summed E-state index contributed by atoms with van der Waals surface area (Å²) in [7, 11) is 0. The molecule has 1 saturated heterocycles. The number of thioether (sulfide) groups is 1. The molecule has 0 spiro atoms. The fraction of sp³-hybridized carbons (Fsp3) is 0.0800. The fourth-order valence-electron chi connectivity index (χ4n) is 3.41. The first kappa shape index (κ1) is 24.4. The average Bonchev–Trinajstić information content (AvgIpc) is 3.14. The number of amides is 2. The highest BCUT2D eigenvalue weighted by Crippen LogP contribution is 2.42. The van der Waals surface area contributed by atoms with Gasteiger partial charge in [-0.3, -0.25) is 14.5 Å². The summed E-state index contributed by atoms with van der Waals surface area (Å²) in [6.45, 7) is 0. The summed E-state index contributed by atoms with van der Waals surface area (Å²) >= 11 is 16.8. The van der Waals surface area contributed by atoms with Crippen molar-refractivity contribution in [3.63, 3.8) is 0 Å². The van der Waals surface area contributed by atoms with Crippen molar-refractivity contribution in [2.75, 3.05) is 10.2 Å². The number of anilines is 2. The molecule has 0 radical (unpaired) electrons. The monoisotopic (exact) mass is 571 g/mol. The lowest BCUT2D eigenvalue weighted by Crippen LogP contribution is -2.30. The lowest BCUT2D eigenvalue weighted by molar-refractivity contribution is -0.117. The minimum absolute atomic E-state index is 0.184. The first-order chi connectivity index (χ1) is 16.4. The summed E-state index contributed by atoms with van der Waals surface area (Å²) < 4.78 is 0.941. The molecule has 0 aromatic heterocycles. The number of hydrogen-bond donors (Lipinski definition) is 1. The highest BCUT2D eigenvalue weighted by molar-refractivity contribution is 9.10. The van der Waals surface area contributed by atoms with Crippen molar-refractivity contribution in [1.82, 2.24) is 0 Å². The van der Waals surface area contributed by atoms with Crippen LogP contribution in [0.4, 0.5) is 11.4 Å². The van der Waals surface area contributed by atoms with E-state index in [4.69, 9.17) is 23.2 Å². The van der Waals surface area contributed by atoms with Crippen LogP contribution in [0, 0.1) is 11.3 Å². The number of halogens is 3. The molecule has 170 valence electrons. The Hall–Kier alpha value is -2.76. The number of carbonyl (C=O) groups is 2. The van der Waals surface area contributed by atoms with Crippen LogP contribution in [0.3, 0.4) is 0 Å². The van der Waals surface area contributed by atoms with Gasteiger partial charge in [-0.05, 0) is 54.4 Å². The molecule has 0 bridgehead atoms. The van der Waals surface area contributed by atoms with Crippen LogP contribution in [-0.2, 0) is 16.0 Å². The number of carbonyl (C=O) groups excluding carboxylic acids is 2. The van der Waals surface area contributed by atoms with Gasteiger partial charge in [0.05, 0.1) is 16.0 Å². The molecule has 3 aromatic rings. The lowest BCUT2D eigenvalue weighted by atomic mass is 10.1. The summed E-state index contributed by atoms with van der Waals surface area (Å²) in [5.74, 6) is -0.873. The Morgan fingerprint density at radius 2 is 1.79 bits per heavy atom. The average molecular weight is 573 g/mol. The Kier molecular flexibility index (Phi) is 7.64. The predicted molar refractivity (Wildman–Crippen MR) is 141 cm³/mol. The standard InChI is InChI=1S/C25H16BrCl2N3O2S/c26-16-8-6-15(7-9-16)12-22-24(33)31(18-4-2-1-3-5-18)25(34-22)19(14-29)23(32)30-21-13-17(27)10-11-20(21)28/h1-11,13,22H,12H2,(H,30,32)/b25-19-. The number of nitrogens with zero attached hydrogens (tertiary/aromatic N) is 2. The second-order valence-corrected chi connectivity index (χ2v) is 10.3. The fourth-order valence-corrected chi connectivity index (χ4v) is 5.32. The van der Waals surface area contributed by atoms with Gasteiger partial charge in [-0.1, -0.05) is 81.2 Å². The van der Waals surface area contributed by atoms with Crippen LogP contribution in [0.15, 0.2) is 87.9 Å². The molecule has 34 heavy (non-hydrogen) atoms. The number of para-hydroxylation sites is 1. The molecular weight excluding hydrogens is 557 g/mol. The number of nitrogens with one attached hydrogen (secondary N) is 1. The summed E-state index contributed by atoms with van der Waals surface area (Å²) in [6, 6.07) is 23.3. The van der Waals surface area contributed by atoms with Gasteiger partial charge in [0.15, 0.2) is 0 Å². The molecule has 1 aliphatic heterocycles. The van der Waals surface area contributed by atoms with Gasteiger partial charge in [0, 0.05) is 15.2 Å². The van der Waals surface area contributed by atoms with Gasteiger partial charge >= 0.3 is 0 Å². The van der Waals surface area contributed by atoms with Crippen molar-refractivity contribution in [2.24, 2.45) is 0 Å². The summed E-state index contributed by atoms with van der Waals surface area (Å²) in [5.41, 5.74) is 1.64. The van der Waals surface area contributed by atoms with Crippen molar-refractivity contribution >= 4 is 74.1 Å². The number of hydrogen-bond acceptors (Lipinski definition) is 4. The van der Waals surface area contributed by atoms with E-state index in [0.29, 0.717) is 17.1 Å². The lowest BCUT2D eigenvalue weighted by Gasteiger charge is -2.18. The molecule has 2 amide bonds. The minimum atomic E-state index is -0.674. The zero-order chi connectivity index (χ0) is 24.2. The van der Waals surface area contributed by atoms with Crippen LogP contribution >= 0.6 is 50.9 Å². The molecule has 0 aliphatic carbocycles. The highest BCUT2D eigenvalue weighted by atomic mass is 79.9. The van der Waals surface area contributed by atoms with E-state index in [0.717, 1.165) is 10.0 Å². The van der Waals surface area contributed by atoms with E-state index in [1.165, 1.54) is 22.7 Å². The van der Waals surface area contributed by atoms with Crippen LogP contribution in [0.2, 0.25) is 10.0 Å². The number of nitriles is 1. The molecule has 1 aliphatic rings. The van der Waals surface area contributed by atoms with Gasteiger partial charge in [-0.15, -0.1) is 0 Å². The Labute approximate surface area is 219 Å². The van der Waals surface area contributed by atoms with Crippen molar-refractivity contribution < 1.29 is 9.59 Å². The van der Waals surface area contributed by atoms with Gasteiger partial charge < -0.3 is 5.32 Å². The molecule has 1 atom stereocenters.